The summed E-state index contributed by atoms with van der Waals surface area (Å²) in [5.74, 6) is 0. The van der Waals surface area contributed by atoms with E-state index in [1.54, 1.807) is 0 Å². The third-order valence-corrected chi connectivity index (χ3v) is 2.48. The molecule has 12 heavy (non-hydrogen) atoms. The maximum atomic E-state index is 10.1. The van der Waals surface area contributed by atoms with E-state index in [0.29, 0.717) is 6.04 Å². The van der Waals surface area contributed by atoms with Crippen molar-refractivity contribution in [3.05, 3.63) is 11.6 Å². The zero-order valence-corrected chi connectivity index (χ0v) is 8.46. The number of nitrogens with zero attached hydrogens (tertiary/aromatic N) is 1. The molecule has 0 aromatic carbocycles. The number of likely N-dealkylation sites (tertiary alicyclic amines) is 1. The third-order valence-electron chi connectivity index (χ3n) is 2.48. The van der Waals surface area contributed by atoms with Crippen LogP contribution in [0.3, 0.4) is 0 Å². The lowest BCUT2D eigenvalue weighted by Crippen LogP contribution is -2.29. The molecule has 0 radical (unpaired) electrons. The van der Waals surface area contributed by atoms with E-state index in [0.717, 1.165) is 13.0 Å². The molecule has 1 saturated heterocycles. The van der Waals surface area contributed by atoms with Crippen molar-refractivity contribution in [3.8, 4) is 0 Å². The first-order chi connectivity index (χ1) is 5.43. The standard InChI is InChI=1S/C10H19NO/c1-8(2)5-10(12)6-9(3)11(4)7-10/h5,9,12H,6-7H2,1-4H3. The molecule has 0 aromatic rings. The van der Waals surface area contributed by atoms with Gasteiger partial charge in [0, 0.05) is 12.6 Å². The summed E-state index contributed by atoms with van der Waals surface area (Å²) < 4.78 is 0. The van der Waals surface area contributed by atoms with Gasteiger partial charge >= 0.3 is 0 Å². The molecule has 0 bridgehead atoms. The van der Waals surface area contributed by atoms with Crippen LogP contribution in [0, 0.1) is 0 Å². The van der Waals surface area contributed by atoms with Gasteiger partial charge in [0.25, 0.3) is 0 Å². The highest BCUT2D eigenvalue weighted by Crippen LogP contribution is 2.27. The Hall–Kier alpha value is -0.340. The zero-order valence-electron chi connectivity index (χ0n) is 8.46. The fraction of sp³-hybridized carbons (Fsp3) is 0.800. The lowest BCUT2D eigenvalue weighted by molar-refractivity contribution is 0.101. The van der Waals surface area contributed by atoms with E-state index in [2.05, 4.69) is 18.9 Å². The van der Waals surface area contributed by atoms with Crippen LogP contribution >= 0.6 is 0 Å². The van der Waals surface area contributed by atoms with E-state index >= 15 is 0 Å². The molecule has 1 aliphatic rings. The number of likely N-dealkylation sites (N-methyl/N-ethyl adjacent to an activating group) is 1. The molecular weight excluding hydrogens is 150 g/mol. The largest absolute Gasteiger partial charge is 0.384 e. The van der Waals surface area contributed by atoms with Crippen LogP contribution in [0.25, 0.3) is 0 Å². The Kier molecular flexibility index (Phi) is 2.59. The third kappa shape index (κ3) is 2.08. The molecule has 1 heterocycles. The lowest BCUT2D eigenvalue weighted by Gasteiger charge is -2.18. The van der Waals surface area contributed by atoms with Crippen molar-refractivity contribution in [3.63, 3.8) is 0 Å². The summed E-state index contributed by atoms with van der Waals surface area (Å²) in [6.07, 6.45) is 2.84. The van der Waals surface area contributed by atoms with Gasteiger partial charge in [-0.1, -0.05) is 11.6 Å². The van der Waals surface area contributed by atoms with Crippen LogP contribution in [0.1, 0.15) is 27.2 Å². The smallest absolute Gasteiger partial charge is 0.0971 e. The minimum atomic E-state index is -0.576. The normalized spacial score (nSPS) is 36.9. The van der Waals surface area contributed by atoms with Gasteiger partial charge in [-0.2, -0.15) is 0 Å². The van der Waals surface area contributed by atoms with Crippen molar-refractivity contribution >= 4 is 0 Å². The highest BCUT2D eigenvalue weighted by molar-refractivity contribution is 5.12. The number of allylic oxidation sites excluding steroid dienone is 1. The van der Waals surface area contributed by atoms with Gasteiger partial charge < -0.3 is 10.0 Å². The summed E-state index contributed by atoms with van der Waals surface area (Å²) in [6, 6.07) is 0.491. The van der Waals surface area contributed by atoms with E-state index in [1.807, 2.05) is 19.9 Å². The van der Waals surface area contributed by atoms with Crippen LogP contribution in [-0.2, 0) is 0 Å². The molecule has 1 rings (SSSR count). The Bertz CT molecular complexity index is 184. The number of rotatable bonds is 1. The topological polar surface area (TPSA) is 23.5 Å². The molecule has 0 amide bonds. The Labute approximate surface area is 74.9 Å². The predicted molar refractivity (Wildman–Crippen MR) is 51.1 cm³/mol. The Balaban J connectivity index is 2.70. The molecule has 0 aromatic heterocycles. The lowest BCUT2D eigenvalue weighted by atomic mass is 9.98. The van der Waals surface area contributed by atoms with Crippen LogP contribution in [-0.4, -0.2) is 35.2 Å². The molecule has 0 saturated carbocycles. The minimum absolute atomic E-state index is 0.491. The summed E-state index contributed by atoms with van der Waals surface area (Å²) >= 11 is 0. The van der Waals surface area contributed by atoms with Crippen LogP contribution in [0.15, 0.2) is 11.6 Å². The summed E-state index contributed by atoms with van der Waals surface area (Å²) in [4.78, 5) is 2.19. The number of aliphatic hydroxyl groups is 1. The Morgan fingerprint density at radius 3 is 2.50 bits per heavy atom. The minimum Gasteiger partial charge on any atom is -0.384 e. The van der Waals surface area contributed by atoms with Crippen LogP contribution in [0.5, 0.6) is 0 Å². The Morgan fingerprint density at radius 2 is 2.17 bits per heavy atom. The van der Waals surface area contributed by atoms with Crippen molar-refractivity contribution in [1.29, 1.82) is 0 Å². The second-order valence-electron chi connectivity index (χ2n) is 4.29. The monoisotopic (exact) mass is 169 g/mol. The van der Waals surface area contributed by atoms with Gasteiger partial charge in [0.2, 0.25) is 0 Å². The summed E-state index contributed by atoms with van der Waals surface area (Å²) in [6.45, 7) is 6.97. The highest BCUT2D eigenvalue weighted by Gasteiger charge is 2.36. The maximum absolute atomic E-state index is 10.1. The van der Waals surface area contributed by atoms with Crippen molar-refractivity contribution in [2.45, 2.75) is 38.8 Å². The first-order valence-corrected chi connectivity index (χ1v) is 4.52. The molecular formula is C10H19NO. The van der Waals surface area contributed by atoms with E-state index in [-0.39, 0.29) is 0 Å². The van der Waals surface area contributed by atoms with E-state index in [1.165, 1.54) is 5.57 Å². The highest BCUT2D eigenvalue weighted by atomic mass is 16.3. The van der Waals surface area contributed by atoms with Gasteiger partial charge in [0.1, 0.15) is 0 Å². The van der Waals surface area contributed by atoms with E-state index in [9.17, 15) is 5.11 Å². The maximum Gasteiger partial charge on any atom is 0.0971 e. The van der Waals surface area contributed by atoms with Gasteiger partial charge in [-0.15, -0.1) is 0 Å². The molecule has 2 heteroatoms. The van der Waals surface area contributed by atoms with Crippen molar-refractivity contribution in [1.82, 2.24) is 4.90 Å². The van der Waals surface area contributed by atoms with Crippen LogP contribution in [0.2, 0.25) is 0 Å². The number of hydrogen-bond acceptors (Lipinski definition) is 2. The second kappa shape index (κ2) is 3.19. The van der Waals surface area contributed by atoms with E-state index in [4.69, 9.17) is 0 Å². The molecule has 70 valence electrons. The quantitative estimate of drug-likeness (QED) is 0.600. The summed E-state index contributed by atoms with van der Waals surface area (Å²) in [5, 5.41) is 10.1. The molecule has 0 spiro atoms. The summed E-state index contributed by atoms with van der Waals surface area (Å²) in [5.41, 5.74) is 0.618. The number of hydrogen-bond donors (Lipinski definition) is 1. The first kappa shape index (κ1) is 9.75. The molecule has 2 unspecified atom stereocenters. The number of β-amino-alcohol motifs (C(OH)–C–C–N with tert-alkyl or cyclic N) is 1. The predicted octanol–water partition coefficient (Wildman–Crippen LogP) is 1.41. The SMILES string of the molecule is CC(C)=CC1(O)CC(C)N(C)C1. The molecule has 1 N–H and O–H groups in total. The van der Waals surface area contributed by atoms with Gasteiger partial charge in [0.15, 0.2) is 0 Å². The molecule has 2 nitrogen and oxygen atoms in total. The van der Waals surface area contributed by atoms with Crippen molar-refractivity contribution in [2.24, 2.45) is 0 Å². The average molecular weight is 169 g/mol. The van der Waals surface area contributed by atoms with E-state index < -0.39 is 5.60 Å². The molecule has 2 atom stereocenters. The molecule has 0 aliphatic carbocycles. The first-order valence-electron chi connectivity index (χ1n) is 4.52. The van der Waals surface area contributed by atoms with Crippen LogP contribution < -0.4 is 0 Å². The molecule has 1 aliphatic heterocycles. The van der Waals surface area contributed by atoms with Gasteiger partial charge in [-0.25, -0.2) is 0 Å². The molecule has 1 fully saturated rings. The fourth-order valence-corrected chi connectivity index (χ4v) is 1.96. The summed E-state index contributed by atoms with van der Waals surface area (Å²) in [7, 11) is 2.06. The van der Waals surface area contributed by atoms with Gasteiger partial charge in [-0.05, 0) is 34.2 Å². The second-order valence-corrected chi connectivity index (χ2v) is 4.29. The van der Waals surface area contributed by atoms with Crippen molar-refractivity contribution in [2.75, 3.05) is 13.6 Å². The van der Waals surface area contributed by atoms with Crippen LogP contribution in [0.4, 0.5) is 0 Å². The Morgan fingerprint density at radius 1 is 1.58 bits per heavy atom. The fourth-order valence-electron chi connectivity index (χ4n) is 1.96. The van der Waals surface area contributed by atoms with Crippen molar-refractivity contribution < 1.29 is 5.11 Å². The van der Waals surface area contributed by atoms with Gasteiger partial charge in [-0.3, -0.25) is 0 Å². The average Bonchev–Trinajstić information content (AvgIpc) is 2.04. The van der Waals surface area contributed by atoms with Gasteiger partial charge in [0.05, 0.1) is 5.60 Å². The zero-order chi connectivity index (χ0) is 9.35.